The van der Waals surface area contributed by atoms with Crippen molar-refractivity contribution in [1.29, 1.82) is 0 Å². The van der Waals surface area contributed by atoms with Crippen molar-refractivity contribution in [3.05, 3.63) is 18.0 Å². The molecule has 1 saturated carbocycles. The lowest BCUT2D eigenvalue weighted by molar-refractivity contribution is -0.126. The van der Waals surface area contributed by atoms with E-state index in [0.29, 0.717) is 6.54 Å². The highest BCUT2D eigenvalue weighted by atomic mass is 16.2. The van der Waals surface area contributed by atoms with Crippen molar-refractivity contribution in [2.45, 2.75) is 25.8 Å². The zero-order chi connectivity index (χ0) is 10.9. The molecule has 82 valence electrons. The summed E-state index contributed by atoms with van der Waals surface area (Å²) in [6.07, 6.45) is 5.32. The second-order valence-corrected chi connectivity index (χ2v) is 4.21. The molecule has 0 bridgehead atoms. The Labute approximate surface area is 88.4 Å². The Hall–Kier alpha value is -1.36. The number of H-pyrrole nitrogens is 1. The molecule has 1 aromatic heterocycles. The van der Waals surface area contributed by atoms with E-state index in [4.69, 9.17) is 5.73 Å². The highest BCUT2D eigenvalue weighted by Crippen LogP contribution is 2.45. The number of carbonyl (C=O) groups excluding carboxylic acids is 1. The highest BCUT2D eigenvalue weighted by Gasteiger charge is 2.48. The van der Waals surface area contributed by atoms with Crippen LogP contribution in [0.5, 0.6) is 0 Å². The third kappa shape index (κ3) is 1.87. The summed E-state index contributed by atoms with van der Waals surface area (Å²) in [4.78, 5) is 11.8. The Bertz CT molecular complexity index is 342. The molecule has 1 aliphatic carbocycles. The second-order valence-electron chi connectivity index (χ2n) is 4.21. The zero-order valence-electron chi connectivity index (χ0n) is 8.79. The van der Waals surface area contributed by atoms with Crippen LogP contribution in [-0.2, 0) is 4.79 Å². The minimum atomic E-state index is -0.280. The van der Waals surface area contributed by atoms with E-state index >= 15 is 0 Å². The van der Waals surface area contributed by atoms with Gasteiger partial charge >= 0.3 is 0 Å². The van der Waals surface area contributed by atoms with Crippen LogP contribution >= 0.6 is 0 Å². The van der Waals surface area contributed by atoms with Crippen LogP contribution in [0.2, 0.25) is 0 Å². The fourth-order valence-corrected chi connectivity index (χ4v) is 1.61. The first-order valence-corrected chi connectivity index (χ1v) is 5.18. The number of nitrogens with two attached hydrogens (primary N) is 1. The van der Waals surface area contributed by atoms with Crippen molar-refractivity contribution < 1.29 is 4.79 Å². The predicted octanol–water partition coefficient (Wildman–Crippen LogP) is 0.326. The van der Waals surface area contributed by atoms with E-state index < -0.39 is 0 Å². The molecule has 1 atom stereocenters. The molecule has 1 amide bonds. The van der Waals surface area contributed by atoms with Gasteiger partial charge in [0, 0.05) is 18.3 Å². The summed E-state index contributed by atoms with van der Waals surface area (Å²) in [5, 5.41) is 9.53. The van der Waals surface area contributed by atoms with Crippen molar-refractivity contribution >= 4 is 5.91 Å². The van der Waals surface area contributed by atoms with Crippen molar-refractivity contribution in [3.63, 3.8) is 0 Å². The van der Waals surface area contributed by atoms with Crippen LogP contribution in [0.15, 0.2) is 12.4 Å². The lowest BCUT2D eigenvalue weighted by Crippen LogP contribution is -2.37. The average Bonchev–Trinajstić information content (AvgIpc) is 2.84. The van der Waals surface area contributed by atoms with E-state index in [0.717, 1.165) is 18.4 Å². The molecule has 1 aliphatic rings. The SMILES string of the molecule is CC(NC(=O)C1(CN)CC1)c1cn[nH]c1. The second kappa shape index (κ2) is 3.66. The lowest BCUT2D eigenvalue weighted by Gasteiger charge is -2.17. The molecule has 0 spiro atoms. The fourth-order valence-electron chi connectivity index (χ4n) is 1.61. The van der Waals surface area contributed by atoms with Crippen molar-refractivity contribution in [2.75, 3.05) is 6.54 Å². The Morgan fingerprint density at radius 3 is 3.00 bits per heavy atom. The molecule has 0 saturated heterocycles. The lowest BCUT2D eigenvalue weighted by atomic mass is 10.1. The van der Waals surface area contributed by atoms with E-state index in [9.17, 15) is 4.79 Å². The zero-order valence-corrected chi connectivity index (χ0v) is 8.79. The van der Waals surface area contributed by atoms with Gasteiger partial charge in [-0.3, -0.25) is 9.89 Å². The van der Waals surface area contributed by atoms with Gasteiger partial charge < -0.3 is 11.1 Å². The normalized spacial score (nSPS) is 19.6. The van der Waals surface area contributed by atoms with E-state index in [1.54, 1.807) is 12.4 Å². The first-order valence-electron chi connectivity index (χ1n) is 5.18. The number of nitrogens with zero attached hydrogens (tertiary/aromatic N) is 1. The minimum absolute atomic E-state index is 0.0136. The Morgan fingerprint density at radius 1 is 1.80 bits per heavy atom. The largest absolute Gasteiger partial charge is 0.349 e. The maximum Gasteiger partial charge on any atom is 0.227 e. The minimum Gasteiger partial charge on any atom is -0.349 e. The molecule has 1 fully saturated rings. The van der Waals surface area contributed by atoms with E-state index in [1.807, 2.05) is 6.92 Å². The number of nitrogens with one attached hydrogen (secondary N) is 2. The third-order valence-corrected chi connectivity index (χ3v) is 3.09. The van der Waals surface area contributed by atoms with Crippen LogP contribution in [0.4, 0.5) is 0 Å². The van der Waals surface area contributed by atoms with Crippen molar-refractivity contribution in [1.82, 2.24) is 15.5 Å². The van der Waals surface area contributed by atoms with Gasteiger partial charge in [0.2, 0.25) is 5.91 Å². The molecular formula is C10H16N4O. The Balaban J connectivity index is 1.95. The molecule has 1 aromatic rings. The monoisotopic (exact) mass is 208 g/mol. The first-order chi connectivity index (χ1) is 7.18. The summed E-state index contributed by atoms with van der Waals surface area (Å²) < 4.78 is 0. The van der Waals surface area contributed by atoms with Gasteiger partial charge in [0.1, 0.15) is 0 Å². The number of carbonyl (C=O) groups is 1. The van der Waals surface area contributed by atoms with Crippen molar-refractivity contribution in [3.8, 4) is 0 Å². The van der Waals surface area contributed by atoms with Gasteiger partial charge in [-0.05, 0) is 19.8 Å². The first kappa shape index (κ1) is 10.2. The summed E-state index contributed by atoms with van der Waals surface area (Å²) in [6.45, 7) is 2.38. The van der Waals surface area contributed by atoms with Crippen LogP contribution in [0.25, 0.3) is 0 Å². The number of aromatic amines is 1. The average molecular weight is 208 g/mol. The molecule has 0 aromatic carbocycles. The summed E-state index contributed by atoms with van der Waals surface area (Å²) in [5.74, 6) is 0.0682. The summed E-state index contributed by atoms with van der Waals surface area (Å²) >= 11 is 0. The van der Waals surface area contributed by atoms with Gasteiger partial charge in [-0.1, -0.05) is 0 Å². The number of amides is 1. The molecule has 0 aliphatic heterocycles. The summed E-state index contributed by atoms with van der Waals surface area (Å²) in [6, 6.07) is -0.0136. The van der Waals surface area contributed by atoms with Gasteiger partial charge in [0.15, 0.2) is 0 Å². The number of hydrogen-bond donors (Lipinski definition) is 3. The number of rotatable bonds is 4. The Kier molecular flexibility index (Phi) is 2.48. The van der Waals surface area contributed by atoms with Gasteiger partial charge in [-0.25, -0.2) is 0 Å². The van der Waals surface area contributed by atoms with E-state index in [2.05, 4.69) is 15.5 Å². The standard InChI is InChI=1S/C10H16N4O/c1-7(8-4-12-13-5-8)14-9(15)10(6-11)2-3-10/h4-5,7H,2-3,6,11H2,1H3,(H,12,13)(H,14,15). The topological polar surface area (TPSA) is 83.8 Å². The van der Waals surface area contributed by atoms with Crippen LogP contribution in [0.3, 0.4) is 0 Å². The quantitative estimate of drug-likeness (QED) is 0.666. The van der Waals surface area contributed by atoms with Crippen LogP contribution in [-0.4, -0.2) is 22.6 Å². The van der Waals surface area contributed by atoms with Gasteiger partial charge in [-0.15, -0.1) is 0 Å². The third-order valence-electron chi connectivity index (χ3n) is 3.09. The predicted molar refractivity (Wildman–Crippen MR) is 55.9 cm³/mol. The highest BCUT2D eigenvalue weighted by molar-refractivity contribution is 5.85. The molecular weight excluding hydrogens is 192 g/mol. The molecule has 2 rings (SSSR count). The smallest absolute Gasteiger partial charge is 0.227 e. The van der Waals surface area contributed by atoms with Crippen LogP contribution in [0, 0.1) is 5.41 Å². The molecule has 5 nitrogen and oxygen atoms in total. The summed E-state index contributed by atoms with van der Waals surface area (Å²) in [5.41, 5.74) is 6.29. The Morgan fingerprint density at radius 2 is 2.53 bits per heavy atom. The van der Waals surface area contributed by atoms with E-state index in [-0.39, 0.29) is 17.4 Å². The van der Waals surface area contributed by atoms with Gasteiger partial charge in [-0.2, -0.15) is 5.10 Å². The van der Waals surface area contributed by atoms with Gasteiger partial charge in [0.25, 0.3) is 0 Å². The molecule has 1 unspecified atom stereocenters. The summed E-state index contributed by atoms with van der Waals surface area (Å²) in [7, 11) is 0. The van der Waals surface area contributed by atoms with Crippen molar-refractivity contribution in [2.24, 2.45) is 11.1 Å². The fraction of sp³-hybridized carbons (Fsp3) is 0.600. The molecule has 5 heteroatoms. The maximum absolute atomic E-state index is 11.8. The number of aromatic nitrogens is 2. The molecule has 15 heavy (non-hydrogen) atoms. The van der Waals surface area contributed by atoms with Crippen LogP contribution < -0.4 is 11.1 Å². The molecule has 0 radical (unpaired) electrons. The number of hydrogen-bond acceptors (Lipinski definition) is 3. The maximum atomic E-state index is 11.8. The van der Waals surface area contributed by atoms with E-state index in [1.165, 1.54) is 0 Å². The molecule has 1 heterocycles. The van der Waals surface area contributed by atoms with Gasteiger partial charge in [0.05, 0.1) is 17.7 Å². The molecule has 4 N–H and O–H groups in total. The van der Waals surface area contributed by atoms with Crippen LogP contribution in [0.1, 0.15) is 31.4 Å².